The molecule has 30 heavy (non-hydrogen) atoms. The van der Waals surface area contributed by atoms with E-state index in [0.29, 0.717) is 17.0 Å². The van der Waals surface area contributed by atoms with Crippen LogP contribution < -0.4 is 5.73 Å². The molecule has 9 nitrogen and oxygen atoms in total. The van der Waals surface area contributed by atoms with Crippen molar-refractivity contribution in [2.45, 2.75) is 24.5 Å². The maximum atomic E-state index is 10.4. The standard InChI is InChI=1S/C20H19N5O4S/c21-17-14-19(25(9-22-14)20-16(28)15(27)11(8-26)29-20)24-18(23-17)13-7-6-12(30-13)10-4-2-1-3-5-10/h1-7,9,11,15-16,20,26-28H,8H2,(H2,21,23,24)/t11-,15?,16?,20-/m1/s1. The number of fused-ring (bicyclic) bond motifs is 1. The summed E-state index contributed by atoms with van der Waals surface area (Å²) in [6, 6.07) is 13.9. The molecule has 1 aromatic carbocycles. The number of imidazole rings is 1. The lowest BCUT2D eigenvalue weighted by Gasteiger charge is -2.16. The lowest BCUT2D eigenvalue weighted by atomic mass is 10.1. The van der Waals surface area contributed by atoms with Gasteiger partial charge in [-0.25, -0.2) is 15.0 Å². The van der Waals surface area contributed by atoms with Gasteiger partial charge >= 0.3 is 0 Å². The number of rotatable bonds is 4. The quantitative estimate of drug-likeness (QED) is 0.385. The lowest BCUT2D eigenvalue weighted by Crippen LogP contribution is -2.33. The molecule has 2 unspecified atom stereocenters. The highest BCUT2D eigenvalue weighted by molar-refractivity contribution is 7.18. The largest absolute Gasteiger partial charge is 0.394 e. The van der Waals surface area contributed by atoms with Crippen LogP contribution in [0.3, 0.4) is 0 Å². The average Bonchev–Trinajstić information content (AvgIpc) is 3.48. The first-order valence-corrected chi connectivity index (χ1v) is 10.2. The van der Waals surface area contributed by atoms with Gasteiger partial charge in [-0.15, -0.1) is 11.3 Å². The number of thiophene rings is 1. The van der Waals surface area contributed by atoms with E-state index in [0.717, 1.165) is 15.3 Å². The van der Waals surface area contributed by atoms with Gasteiger partial charge in [0.15, 0.2) is 23.5 Å². The molecule has 1 saturated heterocycles. The van der Waals surface area contributed by atoms with Crippen LogP contribution in [-0.2, 0) is 4.74 Å². The summed E-state index contributed by atoms with van der Waals surface area (Å²) in [5, 5.41) is 29.8. The molecule has 4 heterocycles. The Hall–Kier alpha value is -2.89. The molecule has 1 fully saturated rings. The van der Waals surface area contributed by atoms with Crippen molar-refractivity contribution in [3.63, 3.8) is 0 Å². The lowest BCUT2D eigenvalue weighted by molar-refractivity contribution is -0.0511. The molecule has 0 radical (unpaired) electrons. The monoisotopic (exact) mass is 425 g/mol. The van der Waals surface area contributed by atoms with Crippen LogP contribution in [0.2, 0.25) is 0 Å². The van der Waals surface area contributed by atoms with Crippen molar-refractivity contribution < 1.29 is 20.1 Å². The number of aliphatic hydroxyl groups is 3. The number of nitrogens with two attached hydrogens (primary N) is 1. The number of aromatic nitrogens is 4. The second-order valence-corrected chi connectivity index (χ2v) is 8.10. The first-order chi connectivity index (χ1) is 14.6. The topological polar surface area (TPSA) is 140 Å². The zero-order chi connectivity index (χ0) is 20.8. The molecule has 0 aliphatic carbocycles. The van der Waals surface area contributed by atoms with Crippen LogP contribution in [0.1, 0.15) is 6.23 Å². The minimum Gasteiger partial charge on any atom is -0.394 e. The molecule has 3 aromatic heterocycles. The summed E-state index contributed by atoms with van der Waals surface area (Å²) in [5.41, 5.74) is 7.97. The van der Waals surface area contributed by atoms with Gasteiger partial charge in [0.1, 0.15) is 23.8 Å². The molecule has 10 heteroatoms. The fourth-order valence-corrected chi connectivity index (χ4v) is 4.51. The molecule has 0 bridgehead atoms. The summed E-state index contributed by atoms with van der Waals surface area (Å²) in [6.07, 6.45) is -2.88. The van der Waals surface area contributed by atoms with Crippen molar-refractivity contribution in [3.05, 3.63) is 48.8 Å². The molecule has 0 amide bonds. The number of benzene rings is 1. The van der Waals surface area contributed by atoms with Gasteiger partial charge in [0, 0.05) is 4.88 Å². The summed E-state index contributed by atoms with van der Waals surface area (Å²) < 4.78 is 7.12. The second-order valence-electron chi connectivity index (χ2n) is 7.02. The summed E-state index contributed by atoms with van der Waals surface area (Å²) in [7, 11) is 0. The Morgan fingerprint density at radius 3 is 2.53 bits per heavy atom. The Bertz CT molecular complexity index is 1190. The third-order valence-electron chi connectivity index (χ3n) is 5.12. The Kier molecular flexibility index (Phi) is 4.72. The van der Waals surface area contributed by atoms with Gasteiger partial charge in [-0.3, -0.25) is 4.57 Å². The molecular formula is C20H19N5O4S. The number of aliphatic hydroxyl groups excluding tert-OH is 3. The molecule has 5 rings (SSSR count). The third kappa shape index (κ3) is 3.06. The normalized spacial score (nSPS) is 24.0. The summed E-state index contributed by atoms with van der Waals surface area (Å²) >= 11 is 1.54. The first kappa shape index (κ1) is 19.1. The molecule has 5 N–H and O–H groups in total. The molecule has 0 saturated carbocycles. The Balaban J connectivity index is 1.56. The van der Waals surface area contributed by atoms with Gasteiger partial charge in [0.25, 0.3) is 0 Å². The minimum atomic E-state index is -1.24. The SMILES string of the molecule is Nc1nc(-c2ccc(-c3ccccc3)s2)nc2c1ncn2[C@@H]1O[C@H](CO)C(O)C1O. The van der Waals surface area contributed by atoms with Crippen LogP contribution in [0.4, 0.5) is 5.82 Å². The van der Waals surface area contributed by atoms with E-state index in [1.165, 1.54) is 22.2 Å². The summed E-state index contributed by atoms with van der Waals surface area (Å²) in [6.45, 7) is -0.415. The van der Waals surface area contributed by atoms with E-state index in [4.69, 9.17) is 10.5 Å². The predicted molar refractivity (Wildman–Crippen MR) is 111 cm³/mol. The number of ether oxygens (including phenoxy) is 1. The van der Waals surface area contributed by atoms with Crippen LogP contribution in [0.15, 0.2) is 48.8 Å². The van der Waals surface area contributed by atoms with Crippen LogP contribution in [-0.4, -0.2) is 59.8 Å². The van der Waals surface area contributed by atoms with Crippen molar-refractivity contribution in [2.24, 2.45) is 0 Å². The van der Waals surface area contributed by atoms with Crippen LogP contribution in [0.5, 0.6) is 0 Å². The molecule has 1 aliphatic heterocycles. The van der Waals surface area contributed by atoms with E-state index >= 15 is 0 Å². The zero-order valence-corrected chi connectivity index (χ0v) is 16.5. The Morgan fingerprint density at radius 2 is 1.80 bits per heavy atom. The molecule has 4 aromatic rings. The maximum Gasteiger partial charge on any atom is 0.174 e. The van der Waals surface area contributed by atoms with E-state index in [9.17, 15) is 15.3 Å². The number of anilines is 1. The second kappa shape index (κ2) is 7.42. The average molecular weight is 425 g/mol. The van der Waals surface area contributed by atoms with Crippen molar-refractivity contribution in [1.82, 2.24) is 19.5 Å². The van der Waals surface area contributed by atoms with Crippen molar-refractivity contribution >= 4 is 28.3 Å². The summed E-state index contributed by atoms with van der Waals surface area (Å²) in [4.78, 5) is 15.2. The van der Waals surface area contributed by atoms with Gasteiger partial charge in [0.2, 0.25) is 0 Å². The smallest absolute Gasteiger partial charge is 0.174 e. The van der Waals surface area contributed by atoms with Crippen molar-refractivity contribution in [3.8, 4) is 21.1 Å². The van der Waals surface area contributed by atoms with Gasteiger partial charge < -0.3 is 25.8 Å². The highest BCUT2D eigenvalue weighted by Crippen LogP contribution is 2.36. The molecule has 154 valence electrons. The van der Waals surface area contributed by atoms with Crippen LogP contribution in [0, 0.1) is 0 Å². The maximum absolute atomic E-state index is 10.4. The fourth-order valence-electron chi connectivity index (χ4n) is 3.56. The highest BCUT2D eigenvalue weighted by Gasteiger charge is 2.44. The van der Waals surface area contributed by atoms with Crippen molar-refractivity contribution in [2.75, 3.05) is 12.3 Å². The predicted octanol–water partition coefficient (Wildman–Crippen LogP) is 1.42. The van der Waals surface area contributed by atoms with E-state index in [-0.39, 0.29) is 5.82 Å². The van der Waals surface area contributed by atoms with E-state index in [1.54, 1.807) is 0 Å². The van der Waals surface area contributed by atoms with Crippen molar-refractivity contribution in [1.29, 1.82) is 0 Å². The van der Waals surface area contributed by atoms with E-state index in [1.807, 2.05) is 42.5 Å². The Morgan fingerprint density at radius 1 is 1.03 bits per heavy atom. The molecule has 4 atom stereocenters. The first-order valence-electron chi connectivity index (χ1n) is 9.35. The molecule has 0 spiro atoms. The Labute approximate surface area is 175 Å². The summed E-state index contributed by atoms with van der Waals surface area (Å²) in [5.74, 6) is 0.635. The molecule has 1 aliphatic rings. The number of hydrogen-bond donors (Lipinski definition) is 4. The van der Waals surface area contributed by atoms with Gasteiger partial charge in [-0.2, -0.15) is 0 Å². The zero-order valence-electron chi connectivity index (χ0n) is 15.7. The number of nitrogens with zero attached hydrogens (tertiary/aromatic N) is 4. The van der Waals surface area contributed by atoms with Gasteiger partial charge in [-0.1, -0.05) is 30.3 Å². The highest BCUT2D eigenvalue weighted by atomic mass is 32.1. The van der Waals surface area contributed by atoms with Crippen LogP contribution in [0.25, 0.3) is 32.3 Å². The number of nitrogen functional groups attached to an aromatic ring is 1. The third-order valence-corrected chi connectivity index (χ3v) is 6.25. The van der Waals surface area contributed by atoms with Crippen LogP contribution >= 0.6 is 11.3 Å². The minimum absolute atomic E-state index is 0.204. The van der Waals surface area contributed by atoms with E-state index < -0.39 is 31.1 Å². The van der Waals surface area contributed by atoms with Gasteiger partial charge in [-0.05, 0) is 17.7 Å². The number of hydrogen-bond acceptors (Lipinski definition) is 9. The van der Waals surface area contributed by atoms with Gasteiger partial charge in [0.05, 0.1) is 17.8 Å². The fraction of sp³-hybridized carbons (Fsp3) is 0.250. The van der Waals surface area contributed by atoms with E-state index in [2.05, 4.69) is 15.0 Å². The molecular weight excluding hydrogens is 406 g/mol.